The Kier molecular flexibility index (Phi) is 5.81. The first kappa shape index (κ1) is 18.6. The summed E-state index contributed by atoms with van der Waals surface area (Å²) in [7, 11) is 0. The molecule has 1 heterocycles. The van der Waals surface area contributed by atoms with Gasteiger partial charge in [0.15, 0.2) is 6.10 Å². The molecule has 5 heteroatoms. The summed E-state index contributed by atoms with van der Waals surface area (Å²) < 4.78 is 5.77. The van der Waals surface area contributed by atoms with E-state index in [1.807, 2.05) is 62.4 Å². The zero-order valence-electron chi connectivity index (χ0n) is 15.8. The lowest BCUT2D eigenvalue weighted by Gasteiger charge is -2.15. The number of hydrogen-bond acceptors (Lipinski definition) is 4. The van der Waals surface area contributed by atoms with Gasteiger partial charge in [-0.2, -0.15) is 0 Å². The summed E-state index contributed by atoms with van der Waals surface area (Å²) in [4.78, 5) is 20.9. The lowest BCUT2D eigenvalue weighted by Crippen LogP contribution is -2.36. The Hall–Kier alpha value is -3.21. The van der Waals surface area contributed by atoms with Crippen LogP contribution in [0.3, 0.4) is 0 Å². The highest BCUT2D eigenvalue weighted by atomic mass is 16.5. The zero-order chi connectivity index (χ0) is 19.2. The average Bonchev–Trinajstić information content (AvgIpc) is 2.66. The number of ether oxygens (including phenoxy) is 1. The number of carbonyl (C=O) groups is 1. The molecule has 5 nitrogen and oxygen atoms in total. The van der Waals surface area contributed by atoms with E-state index in [2.05, 4.69) is 21.4 Å². The molecule has 0 aliphatic carbocycles. The largest absolute Gasteiger partial charge is 0.481 e. The first-order valence-electron chi connectivity index (χ1n) is 8.90. The van der Waals surface area contributed by atoms with Gasteiger partial charge < -0.3 is 10.1 Å². The van der Waals surface area contributed by atoms with Gasteiger partial charge in [-0.1, -0.05) is 36.4 Å². The molecule has 3 aromatic rings. The van der Waals surface area contributed by atoms with E-state index in [9.17, 15) is 4.79 Å². The molecular formula is C22H23N3O2. The number of hydrogen-bond donors (Lipinski definition) is 1. The van der Waals surface area contributed by atoms with Crippen molar-refractivity contribution in [3.63, 3.8) is 0 Å². The summed E-state index contributed by atoms with van der Waals surface area (Å²) in [5, 5.41) is 2.87. The SMILES string of the molecule is Cc1cc(C)cc(OC(C)C(=O)NCc2cc(-c3ccccc3)ncn2)c1. The second-order valence-corrected chi connectivity index (χ2v) is 6.56. The topological polar surface area (TPSA) is 64.1 Å². The van der Waals surface area contributed by atoms with Crippen LogP contribution < -0.4 is 10.1 Å². The van der Waals surface area contributed by atoms with Gasteiger partial charge in [0.1, 0.15) is 12.1 Å². The minimum Gasteiger partial charge on any atom is -0.481 e. The van der Waals surface area contributed by atoms with Crippen LogP contribution >= 0.6 is 0 Å². The highest BCUT2D eigenvalue weighted by Crippen LogP contribution is 2.18. The molecule has 0 aliphatic rings. The number of carbonyl (C=O) groups excluding carboxylic acids is 1. The van der Waals surface area contributed by atoms with Gasteiger partial charge in [-0.15, -0.1) is 0 Å². The molecule has 0 saturated heterocycles. The van der Waals surface area contributed by atoms with Crippen molar-refractivity contribution in [3.8, 4) is 17.0 Å². The van der Waals surface area contributed by atoms with E-state index < -0.39 is 6.10 Å². The van der Waals surface area contributed by atoms with E-state index in [0.29, 0.717) is 12.3 Å². The number of amides is 1. The quantitative estimate of drug-likeness (QED) is 0.724. The predicted octanol–water partition coefficient (Wildman–Crippen LogP) is 3.84. The zero-order valence-corrected chi connectivity index (χ0v) is 15.8. The molecule has 27 heavy (non-hydrogen) atoms. The molecule has 138 valence electrons. The van der Waals surface area contributed by atoms with Crippen LogP contribution in [0.4, 0.5) is 0 Å². The van der Waals surface area contributed by atoms with Crippen LogP contribution in [-0.4, -0.2) is 22.0 Å². The first-order valence-corrected chi connectivity index (χ1v) is 8.90. The Labute approximate surface area is 159 Å². The Morgan fingerprint density at radius 1 is 1.04 bits per heavy atom. The predicted molar refractivity (Wildman–Crippen MR) is 105 cm³/mol. The van der Waals surface area contributed by atoms with Gasteiger partial charge in [0.2, 0.25) is 0 Å². The summed E-state index contributed by atoms with van der Waals surface area (Å²) in [6.07, 6.45) is 0.917. The number of aromatic nitrogens is 2. The fraction of sp³-hybridized carbons (Fsp3) is 0.227. The minimum absolute atomic E-state index is 0.186. The summed E-state index contributed by atoms with van der Waals surface area (Å²) >= 11 is 0. The van der Waals surface area contributed by atoms with Crippen LogP contribution in [-0.2, 0) is 11.3 Å². The second-order valence-electron chi connectivity index (χ2n) is 6.56. The molecule has 0 saturated carbocycles. The van der Waals surface area contributed by atoms with E-state index in [0.717, 1.165) is 28.1 Å². The monoisotopic (exact) mass is 361 g/mol. The summed E-state index contributed by atoms with van der Waals surface area (Å²) in [5.41, 5.74) is 4.79. The van der Waals surface area contributed by atoms with Gasteiger partial charge in [0.25, 0.3) is 5.91 Å². The molecule has 3 rings (SSSR count). The van der Waals surface area contributed by atoms with Crippen molar-refractivity contribution in [2.45, 2.75) is 33.4 Å². The van der Waals surface area contributed by atoms with Crippen molar-refractivity contribution in [2.24, 2.45) is 0 Å². The average molecular weight is 361 g/mol. The summed E-state index contributed by atoms with van der Waals surface area (Å²) in [6, 6.07) is 17.7. The van der Waals surface area contributed by atoms with Gasteiger partial charge in [-0.05, 0) is 50.1 Å². The van der Waals surface area contributed by atoms with E-state index in [4.69, 9.17) is 4.74 Å². The van der Waals surface area contributed by atoms with Gasteiger partial charge >= 0.3 is 0 Å². The fourth-order valence-corrected chi connectivity index (χ4v) is 2.84. The normalized spacial score (nSPS) is 11.7. The first-order chi connectivity index (χ1) is 13.0. The molecule has 1 unspecified atom stereocenters. The molecule has 0 fully saturated rings. The van der Waals surface area contributed by atoms with Crippen LogP contribution in [0, 0.1) is 13.8 Å². The highest BCUT2D eigenvalue weighted by Gasteiger charge is 2.15. The van der Waals surface area contributed by atoms with Crippen molar-refractivity contribution in [1.82, 2.24) is 15.3 Å². The molecule has 1 aromatic heterocycles. The Balaban J connectivity index is 1.60. The van der Waals surface area contributed by atoms with Crippen molar-refractivity contribution < 1.29 is 9.53 Å². The maximum Gasteiger partial charge on any atom is 0.261 e. The molecule has 0 spiro atoms. The van der Waals surface area contributed by atoms with Gasteiger partial charge in [0.05, 0.1) is 17.9 Å². The minimum atomic E-state index is -0.596. The van der Waals surface area contributed by atoms with E-state index >= 15 is 0 Å². The number of nitrogens with zero attached hydrogens (tertiary/aromatic N) is 2. The smallest absolute Gasteiger partial charge is 0.261 e. The standard InChI is InChI=1S/C22H23N3O2/c1-15-9-16(2)11-20(10-15)27-17(3)22(26)23-13-19-12-21(25-14-24-19)18-7-5-4-6-8-18/h4-12,14,17H,13H2,1-3H3,(H,23,26). The third-order valence-corrected chi connectivity index (χ3v) is 4.11. The van der Waals surface area contributed by atoms with Crippen LogP contribution in [0.1, 0.15) is 23.7 Å². The third-order valence-electron chi connectivity index (χ3n) is 4.11. The maximum atomic E-state index is 12.4. The Bertz CT molecular complexity index is 906. The summed E-state index contributed by atoms with van der Waals surface area (Å²) in [6.45, 7) is 6.07. The number of nitrogens with one attached hydrogen (secondary N) is 1. The van der Waals surface area contributed by atoms with Gasteiger partial charge in [-0.3, -0.25) is 4.79 Å². The molecule has 0 aliphatic heterocycles. The maximum absolute atomic E-state index is 12.4. The van der Waals surface area contributed by atoms with Crippen molar-refractivity contribution in [1.29, 1.82) is 0 Å². The lowest BCUT2D eigenvalue weighted by molar-refractivity contribution is -0.127. The molecule has 1 amide bonds. The molecule has 1 atom stereocenters. The Morgan fingerprint density at radius 2 is 1.74 bits per heavy atom. The highest BCUT2D eigenvalue weighted by molar-refractivity contribution is 5.80. The number of benzene rings is 2. The lowest BCUT2D eigenvalue weighted by atomic mass is 10.1. The fourth-order valence-electron chi connectivity index (χ4n) is 2.84. The molecule has 2 aromatic carbocycles. The van der Waals surface area contributed by atoms with Crippen molar-refractivity contribution in [3.05, 3.63) is 77.7 Å². The third kappa shape index (κ3) is 5.14. The van der Waals surface area contributed by atoms with E-state index in [1.54, 1.807) is 6.92 Å². The molecule has 0 radical (unpaired) electrons. The van der Waals surface area contributed by atoms with Crippen molar-refractivity contribution in [2.75, 3.05) is 0 Å². The molecular weight excluding hydrogens is 338 g/mol. The van der Waals surface area contributed by atoms with E-state index in [1.165, 1.54) is 6.33 Å². The van der Waals surface area contributed by atoms with Crippen LogP contribution in [0.2, 0.25) is 0 Å². The molecule has 0 bridgehead atoms. The molecule has 1 N–H and O–H groups in total. The summed E-state index contributed by atoms with van der Waals surface area (Å²) in [5.74, 6) is 0.512. The van der Waals surface area contributed by atoms with E-state index in [-0.39, 0.29) is 5.91 Å². The van der Waals surface area contributed by atoms with Gasteiger partial charge in [0, 0.05) is 5.56 Å². The van der Waals surface area contributed by atoms with Crippen LogP contribution in [0.25, 0.3) is 11.3 Å². The van der Waals surface area contributed by atoms with Crippen molar-refractivity contribution >= 4 is 5.91 Å². The van der Waals surface area contributed by atoms with Crippen LogP contribution in [0.5, 0.6) is 5.75 Å². The number of rotatable bonds is 6. The Morgan fingerprint density at radius 3 is 2.44 bits per heavy atom. The second kappa shape index (κ2) is 8.45. The number of aryl methyl sites for hydroxylation is 2. The van der Waals surface area contributed by atoms with Crippen LogP contribution in [0.15, 0.2) is 60.9 Å². The van der Waals surface area contributed by atoms with Gasteiger partial charge in [-0.25, -0.2) is 9.97 Å².